The van der Waals surface area contributed by atoms with Crippen LogP contribution in [0, 0.1) is 13.8 Å². The van der Waals surface area contributed by atoms with Crippen LogP contribution in [-0.4, -0.2) is 24.5 Å². The van der Waals surface area contributed by atoms with Gasteiger partial charge < -0.3 is 4.57 Å². The Balaban J connectivity index is 2.13. The lowest BCUT2D eigenvalue weighted by Crippen LogP contribution is -2.06. The molecule has 0 fully saturated rings. The Morgan fingerprint density at radius 2 is 1.86 bits per heavy atom. The molecule has 0 unspecified atom stereocenters. The van der Waals surface area contributed by atoms with E-state index in [4.69, 9.17) is 4.98 Å². The fraction of sp³-hybridized carbons (Fsp3) is 0.333. The molecule has 3 heterocycles. The largest absolute Gasteiger partial charge is 0.308 e. The molecule has 3 rings (SSSR count). The highest BCUT2D eigenvalue weighted by Crippen LogP contribution is 2.20. The first kappa shape index (κ1) is 14.1. The zero-order valence-electron chi connectivity index (χ0n) is 12.3. The van der Waals surface area contributed by atoms with Crippen molar-refractivity contribution < 1.29 is 0 Å². The second-order valence-corrected chi connectivity index (χ2v) is 5.79. The summed E-state index contributed by atoms with van der Waals surface area (Å²) in [4.78, 5) is 17.8. The van der Waals surface area contributed by atoms with Crippen LogP contribution in [-0.2, 0) is 13.0 Å². The molecule has 0 atom stereocenters. The average molecular weight is 346 g/mol. The second kappa shape index (κ2) is 5.52. The van der Waals surface area contributed by atoms with Gasteiger partial charge in [-0.1, -0.05) is 6.92 Å². The van der Waals surface area contributed by atoms with E-state index in [-0.39, 0.29) is 0 Å². The van der Waals surface area contributed by atoms with Gasteiger partial charge in [0.1, 0.15) is 11.3 Å². The Hall–Kier alpha value is -1.82. The van der Waals surface area contributed by atoms with Crippen LogP contribution >= 0.6 is 15.9 Å². The van der Waals surface area contributed by atoms with E-state index in [1.807, 2.05) is 19.3 Å². The highest BCUT2D eigenvalue weighted by atomic mass is 79.9. The van der Waals surface area contributed by atoms with Crippen molar-refractivity contribution in [1.82, 2.24) is 24.5 Å². The number of imidazole rings is 1. The Bertz CT molecular complexity index is 792. The van der Waals surface area contributed by atoms with Gasteiger partial charge in [-0.15, -0.1) is 0 Å². The monoisotopic (exact) mass is 345 g/mol. The van der Waals surface area contributed by atoms with Crippen LogP contribution in [0.4, 0.5) is 0 Å². The van der Waals surface area contributed by atoms with Gasteiger partial charge >= 0.3 is 0 Å². The van der Waals surface area contributed by atoms with E-state index in [0.29, 0.717) is 11.3 Å². The third-order valence-electron chi connectivity index (χ3n) is 3.43. The van der Waals surface area contributed by atoms with Gasteiger partial charge in [0, 0.05) is 30.1 Å². The number of aromatic nitrogens is 5. The minimum atomic E-state index is 0.599. The molecule has 3 aromatic rings. The Kier molecular flexibility index (Phi) is 3.71. The molecular weight excluding hydrogens is 330 g/mol. The quantitative estimate of drug-likeness (QED) is 0.684. The zero-order valence-corrected chi connectivity index (χ0v) is 13.8. The van der Waals surface area contributed by atoms with Crippen LogP contribution in [0.15, 0.2) is 23.2 Å². The molecule has 0 saturated heterocycles. The summed E-state index contributed by atoms with van der Waals surface area (Å²) in [6.45, 7) is 6.88. The summed E-state index contributed by atoms with van der Waals surface area (Å²) in [5.74, 6) is 1.04. The Morgan fingerprint density at radius 3 is 2.52 bits per heavy atom. The number of rotatable bonds is 3. The summed E-state index contributed by atoms with van der Waals surface area (Å²) in [6, 6.07) is 2.07. The number of halogens is 1. The average Bonchev–Trinajstić information content (AvgIpc) is 2.80. The Labute approximate surface area is 131 Å². The van der Waals surface area contributed by atoms with Gasteiger partial charge in [0.15, 0.2) is 10.4 Å². The van der Waals surface area contributed by atoms with Crippen LogP contribution in [0.25, 0.3) is 11.2 Å². The van der Waals surface area contributed by atoms with E-state index in [1.165, 1.54) is 0 Å². The molecule has 0 bridgehead atoms. The van der Waals surface area contributed by atoms with Gasteiger partial charge in [0.25, 0.3) is 0 Å². The summed E-state index contributed by atoms with van der Waals surface area (Å²) < 4.78 is 2.75. The van der Waals surface area contributed by atoms with E-state index >= 15 is 0 Å². The minimum Gasteiger partial charge on any atom is -0.308 e. The SMILES string of the molecule is CCc1nc2c(C)cc(C)nc2n1Cc1cnc(Br)nc1. The standard InChI is InChI=1S/C15H16BrN5/c1-4-12-20-13-9(2)5-10(3)19-14(13)21(12)8-11-6-17-15(16)18-7-11/h5-7H,4,8H2,1-3H3. The number of aryl methyl sites for hydroxylation is 3. The van der Waals surface area contributed by atoms with Crippen molar-refractivity contribution in [3.8, 4) is 0 Å². The number of hydrogen-bond acceptors (Lipinski definition) is 4. The maximum Gasteiger partial charge on any atom is 0.196 e. The van der Waals surface area contributed by atoms with Gasteiger partial charge in [0.2, 0.25) is 0 Å². The topological polar surface area (TPSA) is 56.5 Å². The highest BCUT2D eigenvalue weighted by molar-refractivity contribution is 9.10. The predicted octanol–water partition coefficient (Wildman–Crippen LogP) is 3.21. The molecule has 0 spiro atoms. The van der Waals surface area contributed by atoms with Crippen molar-refractivity contribution in [1.29, 1.82) is 0 Å². The van der Waals surface area contributed by atoms with Gasteiger partial charge in [0.05, 0.1) is 6.54 Å². The summed E-state index contributed by atoms with van der Waals surface area (Å²) in [7, 11) is 0. The van der Waals surface area contributed by atoms with Crippen LogP contribution < -0.4 is 0 Å². The summed E-state index contributed by atoms with van der Waals surface area (Å²) in [6.07, 6.45) is 4.52. The van der Waals surface area contributed by atoms with Crippen molar-refractivity contribution in [3.05, 3.63) is 45.8 Å². The molecule has 0 aliphatic heterocycles. The lowest BCUT2D eigenvalue weighted by molar-refractivity contribution is 0.738. The molecule has 0 amide bonds. The molecule has 0 aromatic carbocycles. The van der Waals surface area contributed by atoms with E-state index in [2.05, 4.69) is 55.4 Å². The molecular formula is C15H16BrN5. The summed E-state index contributed by atoms with van der Waals surface area (Å²) >= 11 is 3.26. The van der Waals surface area contributed by atoms with Crippen molar-refractivity contribution in [2.75, 3.05) is 0 Å². The predicted molar refractivity (Wildman–Crippen MR) is 85.2 cm³/mol. The Morgan fingerprint density at radius 1 is 1.14 bits per heavy atom. The van der Waals surface area contributed by atoms with Crippen LogP contribution in [0.2, 0.25) is 0 Å². The van der Waals surface area contributed by atoms with Gasteiger partial charge in [-0.2, -0.15) is 0 Å². The molecule has 6 heteroatoms. The third-order valence-corrected chi connectivity index (χ3v) is 3.84. The van der Waals surface area contributed by atoms with Crippen LogP contribution in [0.1, 0.15) is 29.6 Å². The molecule has 0 radical (unpaired) electrons. The van der Waals surface area contributed by atoms with E-state index in [1.54, 1.807) is 0 Å². The molecule has 21 heavy (non-hydrogen) atoms. The van der Waals surface area contributed by atoms with Crippen molar-refractivity contribution in [2.24, 2.45) is 0 Å². The lowest BCUT2D eigenvalue weighted by Gasteiger charge is -2.08. The smallest absolute Gasteiger partial charge is 0.196 e. The van der Waals surface area contributed by atoms with Crippen LogP contribution in [0.5, 0.6) is 0 Å². The molecule has 0 saturated carbocycles. The normalized spacial score (nSPS) is 11.2. The zero-order chi connectivity index (χ0) is 15.0. The summed E-state index contributed by atoms with van der Waals surface area (Å²) in [5.41, 5.74) is 5.13. The van der Waals surface area contributed by atoms with E-state index in [9.17, 15) is 0 Å². The first-order chi connectivity index (χ1) is 10.1. The van der Waals surface area contributed by atoms with Crippen molar-refractivity contribution in [3.63, 3.8) is 0 Å². The maximum atomic E-state index is 4.74. The second-order valence-electron chi connectivity index (χ2n) is 5.08. The minimum absolute atomic E-state index is 0.599. The first-order valence-corrected chi connectivity index (χ1v) is 7.67. The molecule has 0 aliphatic rings. The highest BCUT2D eigenvalue weighted by Gasteiger charge is 2.13. The molecule has 108 valence electrons. The fourth-order valence-corrected chi connectivity index (χ4v) is 2.69. The van der Waals surface area contributed by atoms with E-state index < -0.39 is 0 Å². The van der Waals surface area contributed by atoms with Crippen molar-refractivity contribution >= 4 is 27.1 Å². The van der Waals surface area contributed by atoms with Gasteiger partial charge in [-0.25, -0.2) is 19.9 Å². The maximum absolute atomic E-state index is 4.74. The lowest BCUT2D eigenvalue weighted by atomic mass is 10.2. The molecule has 5 nitrogen and oxygen atoms in total. The fourth-order valence-electron chi connectivity index (χ4n) is 2.49. The molecule has 0 N–H and O–H groups in total. The number of hydrogen-bond donors (Lipinski definition) is 0. The van der Waals surface area contributed by atoms with Gasteiger partial charge in [-0.3, -0.25) is 0 Å². The van der Waals surface area contributed by atoms with Crippen LogP contribution in [0.3, 0.4) is 0 Å². The van der Waals surface area contributed by atoms with Gasteiger partial charge in [-0.05, 0) is 41.4 Å². The number of pyridine rings is 1. The van der Waals surface area contributed by atoms with E-state index in [0.717, 1.165) is 40.2 Å². The molecule has 0 aliphatic carbocycles. The first-order valence-electron chi connectivity index (χ1n) is 6.88. The number of fused-ring (bicyclic) bond motifs is 1. The third kappa shape index (κ3) is 2.68. The van der Waals surface area contributed by atoms with Crippen molar-refractivity contribution in [2.45, 2.75) is 33.7 Å². The summed E-state index contributed by atoms with van der Waals surface area (Å²) in [5, 5.41) is 0. The molecule has 3 aromatic heterocycles. The number of nitrogens with zero attached hydrogens (tertiary/aromatic N) is 5.